The van der Waals surface area contributed by atoms with E-state index in [4.69, 9.17) is 0 Å². The first-order chi connectivity index (χ1) is 8.49. The molecule has 1 aliphatic heterocycles. The summed E-state index contributed by atoms with van der Waals surface area (Å²) in [7, 11) is 0. The van der Waals surface area contributed by atoms with Crippen LogP contribution in [0.15, 0.2) is 18.2 Å². The zero-order chi connectivity index (χ0) is 13.2. The number of hydrogen-bond acceptors (Lipinski definition) is 1. The monoisotopic (exact) mass is 253 g/mol. The Hall–Kier alpha value is -0.960. The predicted molar refractivity (Wildman–Crippen MR) is 69.9 cm³/mol. The van der Waals surface area contributed by atoms with Gasteiger partial charge < -0.3 is 5.32 Å². The predicted octanol–water partition coefficient (Wildman–Crippen LogP) is 3.40. The van der Waals surface area contributed by atoms with Gasteiger partial charge in [-0.1, -0.05) is 6.07 Å². The fourth-order valence-corrected chi connectivity index (χ4v) is 2.74. The summed E-state index contributed by atoms with van der Waals surface area (Å²) in [5, 5.41) is 3.25. The lowest BCUT2D eigenvalue weighted by Crippen LogP contribution is -2.42. The molecule has 2 rings (SSSR count). The van der Waals surface area contributed by atoms with E-state index in [1.807, 2.05) is 6.92 Å². The van der Waals surface area contributed by atoms with Crippen LogP contribution in [0.5, 0.6) is 0 Å². The highest BCUT2D eigenvalue weighted by Crippen LogP contribution is 2.32. The number of hydrogen-bond donors (Lipinski definition) is 1. The summed E-state index contributed by atoms with van der Waals surface area (Å²) in [6, 6.07) is 4.60. The number of alkyl halides is 1. The van der Waals surface area contributed by atoms with Crippen molar-refractivity contribution in [3.05, 3.63) is 35.1 Å². The Kier molecular flexibility index (Phi) is 4.00. The molecule has 2 atom stereocenters. The molecule has 2 unspecified atom stereocenters. The topological polar surface area (TPSA) is 12.0 Å². The van der Waals surface area contributed by atoms with Crippen molar-refractivity contribution in [1.82, 2.24) is 5.32 Å². The van der Waals surface area contributed by atoms with Crippen molar-refractivity contribution in [3.8, 4) is 0 Å². The summed E-state index contributed by atoms with van der Waals surface area (Å²) in [6.45, 7) is 5.25. The maximum atomic E-state index is 14.8. The van der Waals surface area contributed by atoms with E-state index in [1.54, 1.807) is 13.0 Å². The molecule has 0 spiro atoms. The SMILES string of the molecule is Cc1cc(F)ccc1CC(C)(F)C1CCCNC1. The maximum absolute atomic E-state index is 14.8. The lowest BCUT2D eigenvalue weighted by Gasteiger charge is -2.34. The van der Waals surface area contributed by atoms with Gasteiger partial charge in [-0.05, 0) is 56.5 Å². The average molecular weight is 253 g/mol. The molecule has 0 aromatic heterocycles. The summed E-state index contributed by atoms with van der Waals surface area (Å²) in [6.07, 6.45) is 2.33. The Bertz CT molecular complexity index is 409. The minimum atomic E-state index is -1.23. The number of piperidine rings is 1. The van der Waals surface area contributed by atoms with Gasteiger partial charge in [0, 0.05) is 18.9 Å². The second-order valence-electron chi connectivity index (χ2n) is 5.57. The lowest BCUT2D eigenvalue weighted by atomic mass is 9.80. The minimum absolute atomic E-state index is 0.0516. The highest BCUT2D eigenvalue weighted by atomic mass is 19.1. The standard InChI is InChI=1S/C15H21F2N/c1-11-8-14(16)6-5-12(11)9-15(2,17)13-4-3-7-18-10-13/h5-6,8,13,18H,3-4,7,9-10H2,1-2H3. The van der Waals surface area contributed by atoms with Crippen LogP contribution in [0.1, 0.15) is 30.9 Å². The number of halogens is 2. The van der Waals surface area contributed by atoms with Crippen LogP contribution < -0.4 is 5.32 Å². The van der Waals surface area contributed by atoms with E-state index in [0.29, 0.717) is 6.42 Å². The normalized spacial score (nSPS) is 23.7. The molecule has 1 aliphatic rings. The van der Waals surface area contributed by atoms with Crippen molar-refractivity contribution in [2.45, 2.75) is 38.8 Å². The molecule has 1 fully saturated rings. The largest absolute Gasteiger partial charge is 0.316 e. The molecule has 0 bridgehead atoms. The van der Waals surface area contributed by atoms with E-state index in [9.17, 15) is 8.78 Å². The maximum Gasteiger partial charge on any atom is 0.123 e. The van der Waals surface area contributed by atoms with Crippen LogP contribution in [0.25, 0.3) is 0 Å². The van der Waals surface area contributed by atoms with Gasteiger partial charge in [-0.15, -0.1) is 0 Å². The summed E-state index contributed by atoms with van der Waals surface area (Å²) < 4.78 is 27.8. The number of benzene rings is 1. The molecule has 3 heteroatoms. The molecule has 1 aromatic carbocycles. The molecule has 100 valence electrons. The Labute approximate surface area is 108 Å². The van der Waals surface area contributed by atoms with Crippen LogP contribution in [0, 0.1) is 18.7 Å². The zero-order valence-corrected chi connectivity index (χ0v) is 11.1. The molecule has 1 heterocycles. The van der Waals surface area contributed by atoms with Gasteiger partial charge in [0.05, 0.1) is 0 Å². The Balaban J connectivity index is 2.10. The summed E-state index contributed by atoms with van der Waals surface area (Å²) in [5.74, 6) is -0.202. The van der Waals surface area contributed by atoms with Gasteiger partial charge in [0.25, 0.3) is 0 Å². The van der Waals surface area contributed by atoms with Gasteiger partial charge in [-0.3, -0.25) is 0 Å². The van der Waals surface area contributed by atoms with Crippen LogP contribution in [0.3, 0.4) is 0 Å². The van der Waals surface area contributed by atoms with Crippen LogP contribution in [0.4, 0.5) is 8.78 Å². The van der Waals surface area contributed by atoms with E-state index < -0.39 is 5.67 Å². The second-order valence-corrected chi connectivity index (χ2v) is 5.57. The summed E-state index contributed by atoms with van der Waals surface area (Å²) in [5.41, 5.74) is 0.519. The molecule has 0 aliphatic carbocycles. The average Bonchev–Trinajstić information content (AvgIpc) is 2.34. The van der Waals surface area contributed by atoms with E-state index in [-0.39, 0.29) is 11.7 Å². The zero-order valence-electron chi connectivity index (χ0n) is 11.1. The third kappa shape index (κ3) is 3.08. The van der Waals surface area contributed by atoms with E-state index in [1.165, 1.54) is 12.1 Å². The first-order valence-corrected chi connectivity index (χ1v) is 6.64. The van der Waals surface area contributed by atoms with Gasteiger partial charge in [-0.25, -0.2) is 8.78 Å². The van der Waals surface area contributed by atoms with Crippen molar-refractivity contribution in [2.75, 3.05) is 13.1 Å². The molecule has 0 saturated carbocycles. The number of rotatable bonds is 3. The van der Waals surface area contributed by atoms with Crippen molar-refractivity contribution >= 4 is 0 Å². The Morgan fingerprint density at radius 1 is 1.44 bits per heavy atom. The Morgan fingerprint density at radius 2 is 2.22 bits per heavy atom. The van der Waals surface area contributed by atoms with Gasteiger partial charge in [-0.2, -0.15) is 0 Å². The second kappa shape index (κ2) is 5.35. The molecular formula is C15H21F2N. The first-order valence-electron chi connectivity index (χ1n) is 6.64. The lowest BCUT2D eigenvalue weighted by molar-refractivity contribution is 0.0832. The van der Waals surface area contributed by atoms with Gasteiger partial charge in [0.1, 0.15) is 11.5 Å². The van der Waals surface area contributed by atoms with Gasteiger partial charge >= 0.3 is 0 Å². The van der Waals surface area contributed by atoms with Crippen LogP contribution in [-0.2, 0) is 6.42 Å². The van der Waals surface area contributed by atoms with Crippen molar-refractivity contribution in [3.63, 3.8) is 0 Å². The minimum Gasteiger partial charge on any atom is -0.316 e. The molecule has 0 radical (unpaired) electrons. The van der Waals surface area contributed by atoms with E-state index in [0.717, 1.165) is 37.1 Å². The molecule has 0 amide bonds. The molecular weight excluding hydrogens is 232 g/mol. The fourth-order valence-electron chi connectivity index (χ4n) is 2.74. The quantitative estimate of drug-likeness (QED) is 0.870. The molecule has 1 aromatic rings. The van der Waals surface area contributed by atoms with Crippen LogP contribution in [0.2, 0.25) is 0 Å². The third-order valence-corrected chi connectivity index (χ3v) is 3.99. The van der Waals surface area contributed by atoms with E-state index in [2.05, 4.69) is 5.32 Å². The smallest absolute Gasteiger partial charge is 0.123 e. The molecule has 1 saturated heterocycles. The van der Waals surface area contributed by atoms with Gasteiger partial charge in [0.15, 0.2) is 0 Å². The summed E-state index contributed by atoms with van der Waals surface area (Å²) >= 11 is 0. The van der Waals surface area contributed by atoms with Crippen molar-refractivity contribution < 1.29 is 8.78 Å². The summed E-state index contributed by atoms with van der Waals surface area (Å²) in [4.78, 5) is 0. The molecule has 1 nitrogen and oxygen atoms in total. The van der Waals surface area contributed by atoms with Crippen LogP contribution in [-0.4, -0.2) is 18.8 Å². The highest BCUT2D eigenvalue weighted by molar-refractivity contribution is 5.28. The highest BCUT2D eigenvalue weighted by Gasteiger charge is 2.35. The van der Waals surface area contributed by atoms with Gasteiger partial charge in [0.2, 0.25) is 0 Å². The number of aryl methyl sites for hydroxylation is 1. The van der Waals surface area contributed by atoms with Crippen molar-refractivity contribution in [2.24, 2.45) is 5.92 Å². The van der Waals surface area contributed by atoms with Crippen molar-refractivity contribution in [1.29, 1.82) is 0 Å². The number of nitrogens with one attached hydrogen (secondary N) is 1. The van der Waals surface area contributed by atoms with Crippen LogP contribution >= 0.6 is 0 Å². The molecule has 1 N–H and O–H groups in total. The molecule has 18 heavy (non-hydrogen) atoms. The fraction of sp³-hybridized carbons (Fsp3) is 0.600. The third-order valence-electron chi connectivity index (χ3n) is 3.99. The van der Waals surface area contributed by atoms with E-state index >= 15 is 0 Å². The Morgan fingerprint density at radius 3 is 2.83 bits per heavy atom. The first kappa shape index (κ1) is 13.5.